The zero-order valence-electron chi connectivity index (χ0n) is 14.1. The molecular formula is C16H22N2O4S2. The number of nitrogens with one attached hydrogen (secondary N) is 1. The van der Waals surface area contributed by atoms with Gasteiger partial charge in [-0.15, -0.1) is 0 Å². The van der Waals surface area contributed by atoms with Crippen molar-refractivity contribution in [1.29, 1.82) is 0 Å². The summed E-state index contributed by atoms with van der Waals surface area (Å²) in [5.41, 5.74) is 1.08. The van der Waals surface area contributed by atoms with Gasteiger partial charge in [0.2, 0.25) is 10.0 Å². The summed E-state index contributed by atoms with van der Waals surface area (Å²) in [4.78, 5) is 2.13. The van der Waals surface area contributed by atoms with E-state index in [1.807, 2.05) is 35.8 Å². The molecule has 0 radical (unpaired) electrons. The summed E-state index contributed by atoms with van der Waals surface area (Å²) in [6.07, 6.45) is 0. The van der Waals surface area contributed by atoms with Crippen molar-refractivity contribution in [3.8, 4) is 11.5 Å². The predicted molar refractivity (Wildman–Crippen MR) is 95.5 cm³/mol. The summed E-state index contributed by atoms with van der Waals surface area (Å²) in [5, 5.41) is 4.00. The minimum Gasteiger partial charge on any atom is -0.493 e. The highest BCUT2D eigenvalue weighted by molar-refractivity contribution is 7.89. The molecule has 1 heterocycles. The van der Waals surface area contributed by atoms with E-state index >= 15 is 0 Å². The van der Waals surface area contributed by atoms with Crippen LogP contribution >= 0.6 is 11.3 Å². The molecule has 1 aromatic carbocycles. The Morgan fingerprint density at radius 2 is 1.88 bits per heavy atom. The van der Waals surface area contributed by atoms with Gasteiger partial charge in [0.25, 0.3) is 0 Å². The molecule has 0 fully saturated rings. The van der Waals surface area contributed by atoms with Crippen LogP contribution in [0.3, 0.4) is 0 Å². The maximum Gasteiger partial charge on any atom is 0.240 e. The highest BCUT2D eigenvalue weighted by Crippen LogP contribution is 2.29. The van der Waals surface area contributed by atoms with Gasteiger partial charge >= 0.3 is 0 Å². The average molecular weight is 370 g/mol. The lowest BCUT2D eigenvalue weighted by molar-refractivity contribution is 0.300. The zero-order valence-corrected chi connectivity index (χ0v) is 15.8. The van der Waals surface area contributed by atoms with E-state index in [0.717, 1.165) is 5.56 Å². The summed E-state index contributed by atoms with van der Waals surface area (Å²) in [6, 6.07) is 6.50. The van der Waals surface area contributed by atoms with Crippen molar-refractivity contribution in [3.63, 3.8) is 0 Å². The molecular weight excluding hydrogens is 348 g/mol. The minimum absolute atomic E-state index is 0.0360. The Morgan fingerprint density at radius 1 is 1.17 bits per heavy atom. The molecule has 0 amide bonds. The van der Waals surface area contributed by atoms with Crippen molar-refractivity contribution in [1.82, 2.24) is 9.62 Å². The van der Waals surface area contributed by atoms with Gasteiger partial charge in [-0.2, -0.15) is 11.3 Å². The first-order chi connectivity index (χ1) is 11.4. The Labute approximate surface area is 147 Å². The summed E-state index contributed by atoms with van der Waals surface area (Å²) in [6.45, 7) is 0.278. The lowest BCUT2D eigenvalue weighted by Gasteiger charge is -2.24. The molecule has 1 unspecified atom stereocenters. The van der Waals surface area contributed by atoms with E-state index in [1.165, 1.54) is 26.4 Å². The van der Waals surface area contributed by atoms with Crippen molar-refractivity contribution in [2.75, 3.05) is 34.9 Å². The molecule has 6 nitrogen and oxygen atoms in total. The van der Waals surface area contributed by atoms with Gasteiger partial charge in [-0.1, -0.05) is 0 Å². The Kier molecular flexibility index (Phi) is 6.22. The molecule has 0 aliphatic rings. The second-order valence-corrected chi connectivity index (χ2v) is 7.95. The third kappa shape index (κ3) is 4.27. The van der Waals surface area contributed by atoms with E-state index in [-0.39, 0.29) is 17.5 Å². The third-order valence-corrected chi connectivity index (χ3v) is 5.81. The van der Waals surface area contributed by atoms with E-state index in [9.17, 15) is 8.42 Å². The number of thiophene rings is 1. The van der Waals surface area contributed by atoms with E-state index in [1.54, 1.807) is 17.4 Å². The number of hydrogen-bond donors (Lipinski definition) is 1. The summed E-state index contributed by atoms with van der Waals surface area (Å²) < 4.78 is 38.1. The topological polar surface area (TPSA) is 67.9 Å². The van der Waals surface area contributed by atoms with Gasteiger partial charge in [0.1, 0.15) is 0 Å². The van der Waals surface area contributed by atoms with Crippen molar-refractivity contribution in [3.05, 3.63) is 40.6 Å². The molecule has 2 rings (SSSR count). The normalized spacial score (nSPS) is 13.0. The van der Waals surface area contributed by atoms with Gasteiger partial charge in [-0.3, -0.25) is 0 Å². The van der Waals surface area contributed by atoms with Crippen molar-refractivity contribution >= 4 is 21.4 Å². The highest BCUT2D eigenvalue weighted by atomic mass is 32.2. The Hall–Kier alpha value is -1.61. The van der Waals surface area contributed by atoms with E-state index < -0.39 is 10.0 Å². The zero-order chi connectivity index (χ0) is 17.7. The number of likely N-dealkylation sites (N-methyl/N-ethyl adjacent to an activating group) is 1. The van der Waals surface area contributed by atoms with Crippen LogP contribution in [0.1, 0.15) is 11.6 Å². The molecule has 2 aromatic rings. The second-order valence-electron chi connectivity index (χ2n) is 5.40. The first-order valence-electron chi connectivity index (χ1n) is 7.29. The van der Waals surface area contributed by atoms with Crippen molar-refractivity contribution in [2.24, 2.45) is 0 Å². The fourth-order valence-corrected chi connectivity index (χ4v) is 4.08. The molecule has 0 bridgehead atoms. The quantitative estimate of drug-likeness (QED) is 0.773. The maximum atomic E-state index is 12.6. The number of benzene rings is 1. The second kappa shape index (κ2) is 7.98. The molecule has 0 saturated carbocycles. The fraction of sp³-hybridized carbons (Fsp3) is 0.375. The van der Waals surface area contributed by atoms with Gasteiger partial charge in [0, 0.05) is 18.7 Å². The van der Waals surface area contributed by atoms with Crippen molar-refractivity contribution in [2.45, 2.75) is 10.9 Å². The number of sulfonamides is 1. The molecule has 0 aliphatic heterocycles. The lowest BCUT2D eigenvalue weighted by Crippen LogP contribution is -2.34. The van der Waals surface area contributed by atoms with Crippen LogP contribution in [0.25, 0.3) is 0 Å². The van der Waals surface area contributed by atoms with Gasteiger partial charge in [-0.05, 0) is 48.6 Å². The molecule has 1 atom stereocenters. The average Bonchev–Trinajstić information content (AvgIpc) is 3.08. The Balaban J connectivity index is 2.19. The molecule has 1 N–H and O–H groups in total. The fourth-order valence-electron chi connectivity index (χ4n) is 2.32. The Morgan fingerprint density at radius 3 is 2.42 bits per heavy atom. The van der Waals surface area contributed by atoms with Crippen LogP contribution in [0.4, 0.5) is 0 Å². The van der Waals surface area contributed by atoms with Gasteiger partial charge in [0.15, 0.2) is 11.5 Å². The number of nitrogens with zero attached hydrogens (tertiary/aromatic N) is 1. The standard InChI is InChI=1S/C16H22N2O4S2/c1-18(2)14(12-7-8-23-11-12)10-17-24(19,20)13-5-6-15(21-3)16(9-13)22-4/h5-9,11,14,17H,10H2,1-4H3. The first kappa shape index (κ1) is 18.7. The number of ether oxygens (including phenoxy) is 2. The number of rotatable bonds is 8. The molecule has 0 spiro atoms. The van der Waals surface area contributed by atoms with E-state index in [0.29, 0.717) is 11.5 Å². The molecule has 0 aliphatic carbocycles. The summed E-state index contributed by atoms with van der Waals surface area (Å²) in [5.74, 6) is 0.864. The third-order valence-electron chi connectivity index (χ3n) is 3.68. The number of hydrogen-bond acceptors (Lipinski definition) is 6. The van der Waals surface area contributed by atoms with Crippen LogP contribution in [0.2, 0.25) is 0 Å². The van der Waals surface area contributed by atoms with Crippen LogP contribution < -0.4 is 14.2 Å². The van der Waals surface area contributed by atoms with E-state index in [4.69, 9.17) is 9.47 Å². The van der Waals surface area contributed by atoms with Crippen LogP contribution in [-0.2, 0) is 10.0 Å². The molecule has 132 valence electrons. The summed E-state index contributed by atoms with van der Waals surface area (Å²) in [7, 11) is 3.18. The molecule has 1 aromatic heterocycles. The monoisotopic (exact) mass is 370 g/mol. The van der Waals surface area contributed by atoms with E-state index in [2.05, 4.69) is 4.72 Å². The number of methoxy groups -OCH3 is 2. The largest absolute Gasteiger partial charge is 0.493 e. The predicted octanol–water partition coefficient (Wildman–Crippen LogP) is 2.35. The molecule has 0 saturated heterocycles. The van der Waals surface area contributed by atoms with Crippen LogP contribution in [0, 0.1) is 0 Å². The smallest absolute Gasteiger partial charge is 0.240 e. The van der Waals surface area contributed by atoms with Gasteiger partial charge in [-0.25, -0.2) is 13.1 Å². The van der Waals surface area contributed by atoms with Crippen LogP contribution in [-0.4, -0.2) is 48.2 Å². The SMILES string of the molecule is COc1ccc(S(=O)(=O)NCC(c2ccsc2)N(C)C)cc1OC. The highest BCUT2D eigenvalue weighted by Gasteiger charge is 2.21. The lowest BCUT2D eigenvalue weighted by atomic mass is 10.1. The maximum absolute atomic E-state index is 12.6. The van der Waals surface area contributed by atoms with Crippen LogP contribution in [0.5, 0.6) is 11.5 Å². The van der Waals surface area contributed by atoms with Crippen LogP contribution in [0.15, 0.2) is 39.9 Å². The molecule has 24 heavy (non-hydrogen) atoms. The van der Waals surface area contributed by atoms with Crippen molar-refractivity contribution < 1.29 is 17.9 Å². The summed E-state index contributed by atoms with van der Waals surface area (Å²) >= 11 is 1.59. The van der Waals surface area contributed by atoms with Gasteiger partial charge in [0.05, 0.1) is 19.1 Å². The van der Waals surface area contributed by atoms with Gasteiger partial charge < -0.3 is 14.4 Å². The Bertz CT molecular complexity index is 758. The molecule has 8 heteroatoms. The minimum atomic E-state index is -3.65. The first-order valence-corrected chi connectivity index (χ1v) is 9.72.